The van der Waals surface area contributed by atoms with E-state index in [0.717, 1.165) is 26.7 Å². The summed E-state index contributed by atoms with van der Waals surface area (Å²) in [5.41, 5.74) is 1.11. The number of carbonyl (C=O) groups excluding carboxylic acids is 1. The number of alkyl halides is 2. The van der Waals surface area contributed by atoms with Gasteiger partial charge >= 0.3 is 11.9 Å². The third-order valence-electron chi connectivity index (χ3n) is 5.93. The Labute approximate surface area is 208 Å². The van der Waals surface area contributed by atoms with Gasteiger partial charge in [0.15, 0.2) is 0 Å². The first kappa shape index (κ1) is 26.6. The lowest BCUT2D eigenvalue weighted by Crippen LogP contribution is -2.36. The zero-order chi connectivity index (χ0) is 25.4. The smallest absolute Gasteiger partial charge is 0.345 e. The first-order valence-electron chi connectivity index (χ1n) is 11.5. The van der Waals surface area contributed by atoms with Crippen LogP contribution in [0.1, 0.15) is 46.3 Å². The highest BCUT2D eigenvalue weighted by atomic mass is 32.1. The van der Waals surface area contributed by atoms with Gasteiger partial charge in [-0.1, -0.05) is 55.3 Å². The number of rotatable bonds is 10. The van der Waals surface area contributed by atoms with Gasteiger partial charge in [0.2, 0.25) is 0 Å². The third-order valence-corrected chi connectivity index (χ3v) is 7.07. The average molecular weight is 502 g/mol. The number of carbonyl (C=O) groups is 2. The number of amides is 1. The lowest BCUT2D eigenvalue weighted by atomic mass is 9.99. The van der Waals surface area contributed by atoms with Crippen LogP contribution in [0.4, 0.5) is 8.78 Å². The van der Waals surface area contributed by atoms with Gasteiger partial charge in [0.05, 0.1) is 12.1 Å². The SMILES string of the molecule is C[C@H](CC#CCc1ccccc1)[C@H](O)C=C[C@H]1CC(F)(F)C(=O)N1CCCc1ccc(C(=O)O)s1. The van der Waals surface area contributed by atoms with Crippen LogP contribution in [-0.4, -0.2) is 51.6 Å². The molecular weight excluding hydrogens is 472 g/mol. The molecule has 0 radical (unpaired) electrons. The Kier molecular flexibility index (Phi) is 9.19. The van der Waals surface area contributed by atoms with Crippen LogP contribution in [-0.2, 0) is 17.6 Å². The highest BCUT2D eigenvalue weighted by molar-refractivity contribution is 7.13. The van der Waals surface area contributed by atoms with E-state index in [1.807, 2.05) is 37.3 Å². The number of hydrogen-bond acceptors (Lipinski definition) is 4. The van der Waals surface area contributed by atoms with Crippen LogP contribution in [0, 0.1) is 17.8 Å². The number of carboxylic acid groups (broad SMARTS) is 1. The topological polar surface area (TPSA) is 77.8 Å². The predicted molar refractivity (Wildman–Crippen MR) is 132 cm³/mol. The molecule has 0 spiro atoms. The summed E-state index contributed by atoms with van der Waals surface area (Å²) in [5, 5.41) is 19.5. The molecule has 0 aliphatic carbocycles. The van der Waals surface area contributed by atoms with Gasteiger partial charge < -0.3 is 15.1 Å². The van der Waals surface area contributed by atoms with Gasteiger partial charge in [-0.3, -0.25) is 4.79 Å². The molecule has 2 heterocycles. The van der Waals surface area contributed by atoms with Gasteiger partial charge in [0.1, 0.15) is 4.88 Å². The first-order valence-corrected chi connectivity index (χ1v) is 12.4. The Morgan fingerprint density at radius 2 is 2.00 bits per heavy atom. The average Bonchev–Trinajstić information content (AvgIpc) is 3.39. The Bertz CT molecular complexity index is 1100. The summed E-state index contributed by atoms with van der Waals surface area (Å²) in [7, 11) is 0. The Balaban J connectivity index is 1.53. The number of aliphatic hydroxyl groups excluding tert-OH is 1. The number of benzene rings is 1. The number of carboxylic acids is 1. The van der Waals surface area contributed by atoms with Crippen molar-refractivity contribution >= 4 is 23.2 Å². The van der Waals surface area contributed by atoms with Crippen LogP contribution in [0.25, 0.3) is 0 Å². The Hall–Kier alpha value is -3.02. The van der Waals surface area contributed by atoms with Gasteiger partial charge in [0, 0.05) is 30.7 Å². The fourth-order valence-electron chi connectivity index (χ4n) is 3.86. The van der Waals surface area contributed by atoms with Crippen LogP contribution in [0.3, 0.4) is 0 Å². The summed E-state index contributed by atoms with van der Waals surface area (Å²) in [6.45, 7) is 1.96. The lowest BCUT2D eigenvalue weighted by molar-refractivity contribution is -0.148. The summed E-state index contributed by atoms with van der Waals surface area (Å²) in [4.78, 5) is 25.4. The molecule has 2 aromatic rings. The molecule has 0 unspecified atom stereocenters. The molecule has 2 N–H and O–H groups in total. The largest absolute Gasteiger partial charge is 0.477 e. The molecule has 0 saturated carbocycles. The van der Waals surface area contributed by atoms with E-state index in [1.54, 1.807) is 6.07 Å². The zero-order valence-electron chi connectivity index (χ0n) is 19.5. The molecule has 3 rings (SSSR count). The molecule has 5 nitrogen and oxygen atoms in total. The molecule has 1 fully saturated rings. The van der Waals surface area contributed by atoms with Crippen LogP contribution >= 0.6 is 11.3 Å². The van der Waals surface area contributed by atoms with E-state index in [1.165, 1.54) is 18.2 Å². The summed E-state index contributed by atoms with van der Waals surface area (Å²) in [5.74, 6) is 0.301. The molecule has 1 aromatic carbocycles. The number of hydrogen-bond donors (Lipinski definition) is 2. The van der Waals surface area contributed by atoms with Crippen molar-refractivity contribution in [3.8, 4) is 11.8 Å². The molecule has 1 amide bonds. The quantitative estimate of drug-likeness (QED) is 0.362. The molecule has 1 aromatic heterocycles. The second-order valence-electron chi connectivity index (χ2n) is 8.72. The number of aliphatic hydroxyl groups is 1. The maximum absolute atomic E-state index is 14.1. The van der Waals surface area contributed by atoms with E-state index >= 15 is 0 Å². The monoisotopic (exact) mass is 501 g/mol. The molecule has 186 valence electrons. The standard InChI is InChI=1S/C27H29F2NO4S/c1-19(8-5-6-11-20-9-3-2-4-10-20)23(31)15-13-21-18-27(28,29)26(34)30(21)17-7-12-22-14-16-24(35-22)25(32)33/h2-4,9-10,13-16,19,21,23,31H,7-8,11-12,17-18H2,1H3,(H,32,33)/t19-,21+,23-/m1/s1. The van der Waals surface area contributed by atoms with Gasteiger partial charge in [0.25, 0.3) is 5.91 Å². The van der Waals surface area contributed by atoms with Gasteiger partial charge in [-0.15, -0.1) is 17.3 Å². The minimum absolute atomic E-state index is 0.125. The predicted octanol–water partition coefficient (Wildman–Crippen LogP) is 4.80. The van der Waals surface area contributed by atoms with Crippen LogP contribution in [0.2, 0.25) is 0 Å². The van der Waals surface area contributed by atoms with E-state index in [2.05, 4.69) is 11.8 Å². The summed E-state index contributed by atoms with van der Waals surface area (Å²) in [6.07, 6.45) is 3.49. The van der Waals surface area contributed by atoms with Crippen LogP contribution < -0.4 is 0 Å². The fourth-order valence-corrected chi connectivity index (χ4v) is 4.75. The maximum atomic E-state index is 14.1. The number of nitrogens with zero attached hydrogens (tertiary/aromatic N) is 1. The van der Waals surface area contributed by atoms with Crippen molar-refractivity contribution in [1.29, 1.82) is 0 Å². The lowest BCUT2D eigenvalue weighted by Gasteiger charge is -2.22. The van der Waals surface area contributed by atoms with Gasteiger partial charge in [-0.2, -0.15) is 8.78 Å². The van der Waals surface area contributed by atoms with E-state index in [9.17, 15) is 23.5 Å². The number of likely N-dealkylation sites (tertiary alicyclic amines) is 1. The van der Waals surface area contributed by atoms with Crippen molar-refractivity contribution in [2.24, 2.45) is 5.92 Å². The third kappa shape index (κ3) is 7.48. The van der Waals surface area contributed by atoms with Gasteiger partial charge in [-0.25, -0.2) is 4.79 Å². The van der Waals surface area contributed by atoms with E-state index < -0.39 is 36.4 Å². The molecular formula is C27H29F2NO4S. The highest BCUT2D eigenvalue weighted by Crippen LogP contribution is 2.34. The second-order valence-corrected chi connectivity index (χ2v) is 9.89. The molecule has 1 saturated heterocycles. The first-order chi connectivity index (χ1) is 16.7. The molecule has 35 heavy (non-hydrogen) atoms. The Morgan fingerprint density at radius 3 is 2.69 bits per heavy atom. The molecule has 3 atom stereocenters. The van der Waals surface area contributed by atoms with E-state index in [4.69, 9.17) is 5.11 Å². The summed E-state index contributed by atoms with van der Waals surface area (Å²) in [6, 6.07) is 12.2. The minimum atomic E-state index is -3.44. The number of thiophene rings is 1. The normalized spacial score (nSPS) is 18.9. The number of aryl methyl sites for hydroxylation is 1. The van der Waals surface area contributed by atoms with E-state index in [0.29, 0.717) is 25.7 Å². The van der Waals surface area contributed by atoms with Crippen molar-refractivity contribution < 1.29 is 28.6 Å². The van der Waals surface area contributed by atoms with Crippen molar-refractivity contribution in [2.75, 3.05) is 6.54 Å². The van der Waals surface area contributed by atoms with Gasteiger partial charge in [-0.05, 0) is 36.5 Å². The second kappa shape index (κ2) is 12.1. The van der Waals surface area contributed by atoms with Crippen molar-refractivity contribution in [3.63, 3.8) is 0 Å². The molecule has 8 heteroatoms. The van der Waals surface area contributed by atoms with Crippen LogP contribution in [0.5, 0.6) is 0 Å². The fraction of sp³-hybridized carbons (Fsp3) is 0.407. The molecule has 1 aliphatic heterocycles. The summed E-state index contributed by atoms with van der Waals surface area (Å²) >= 11 is 1.14. The summed E-state index contributed by atoms with van der Waals surface area (Å²) < 4.78 is 28.3. The zero-order valence-corrected chi connectivity index (χ0v) is 20.3. The van der Waals surface area contributed by atoms with E-state index in [-0.39, 0.29) is 17.3 Å². The molecule has 0 bridgehead atoms. The van der Waals surface area contributed by atoms with Crippen molar-refractivity contribution in [2.45, 2.75) is 57.1 Å². The minimum Gasteiger partial charge on any atom is -0.477 e. The van der Waals surface area contributed by atoms with Crippen molar-refractivity contribution in [3.05, 3.63) is 69.9 Å². The number of aromatic carboxylic acids is 1. The highest BCUT2D eigenvalue weighted by Gasteiger charge is 2.52. The van der Waals surface area contributed by atoms with Crippen molar-refractivity contribution in [1.82, 2.24) is 4.90 Å². The van der Waals surface area contributed by atoms with Crippen LogP contribution in [0.15, 0.2) is 54.6 Å². The molecule has 1 aliphatic rings. The maximum Gasteiger partial charge on any atom is 0.345 e. The number of halogens is 2. The Morgan fingerprint density at radius 1 is 1.26 bits per heavy atom.